The number of fused-ring (bicyclic) bond motifs is 1. The lowest BCUT2D eigenvalue weighted by molar-refractivity contribution is 1.10. The van der Waals surface area contributed by atoms with E-state index in [1.807, 2.05) is 25.1 Å². The van der Waals surface area contributed by atoms with E-state index < -0.39 is 0 Å². The van der Waals surface area contributed by atoms with Crippen LogP contribution in [0.5, 0.6) is 0 Å². The average molecular weight is 234 g/mol. The van der Waals surface area contributed by atoms with E-state index in [9.17, 15) is 0 Å². The third kappa shape index (κ3) is 1.86. The zero-order chi connectivity index (χ0) is 12.5. The molecule has 3 aromatic rings. The molecule has 0 amide bonds. The predicted octanol–water partition coefficient (Wildman–Crippen LogP) is 3.91. The summed E-state index contributed by atoms with van der Waals surface area (Å²) >= 11 is 0. The Morgan fingerprint density at radius 3 is 2.50 bits per heavy atom. The molecule has 0 spiro atoms. The van der Waals surface area contributed by atoms with E-state index >= 15 is 0 Å². The quantitative estimate of drug-likeness (QED) is 0.638. The van der Waals surface area contributed by atoms with Crippen LogP contribution < -0.4 is 0 Å². The van der Waals surface area contributed by atoms with Gasteiger partial charge in [0.05, 0.1) is 11.2 Å². The molecule has 2 aromatic carbocycles. The van der Waals surface area contributed by atoms with Crippen molar-refractivity contribution in [2.75, 3.05) is 0 Å². The summed E-state index contributed by atoms with van der Waals surface area (Å²) in [7, 11) is 0. The Morgan fingerprint density at radius 2 is 1.67 bits per heavy atom. The number of benzene rings is 2. The molecular weight excluding hydrogens is 220 g/mol. The van der Waals surface area contributed by atoms with Gasteiger partial charge in [-0.25, -0.2) is 9.97 Å². The number of aryl methyl sites for hydroxylation is 2. The van der Waals surface area contributed by atoms with Gasteiger partial charge in [0.25, 0.3) is 0 Å². The van der Waals surface area contributed by atoms with E-state index in [0.29, 0.717) is 0 Å². The molecule has 0 saturated heterocycles. The smallest absolute Gasteiger partial charge is 0.126 e. The lowest BCUT2D eigenvalue weighted by atomic mass is 10.0. The lowest BCUT2D eigenvalue weighted by Crippen LogP contribution is -1.94. The van der Waals surface area contributed by atoms with E-state index in [2.05, 4.69) is 47.2 Å². The van der Waals surface area contributed by atoms with E-state index in [4.69, 9.17) is 0 Å². The predicted molar refractivity (Wildman–Crippen MR) is 74.4 cm³/mol. The van der Waals surface area contributed by atoms with Gasteiger partial charge in [0.1, 0.15) is 5.82 Å². The third-order valence-corrected chi connectivity index (χ3v) is 3.01. The molecule has 0 radical (unpaired) electrons. The van der Waals surface area contributed by atoms with Crippen LogP contribution in [0.3, 0.4) is 0 Å². The molecule has 0 aliphatic carbocycles. The fourth-order valence-electron chi connectivity index (χ4n) is 2.21. The standard InChI is InChI=1S/C16H14N2/c1-11-6-5-7-13(10-11)16-14-8-3-4-9-15(14)17-12(2)18-16/h3-10H,1-2H3. The van der Waals surface area contributed by atoms with Gasteiger partial charge in [0.15, 0.2) is 0 Å². The van der Waals surface area contributed by atoms with Crippen LogP contribution >= 0.6 is 0 Å². The first-order valence-corrected chi connectivity index (χ1v) is 6.04. The third-order valence-electron chi connectivity index (χ3n) is 3.01. The molecular formula is C16H14N2. The number of aromatic nitrogens is 2. The molecule has 3 rings (SSSR count). The second-order valence-corrected chi connectivity index (χ2v) is 4.51. The second-order valence-electron chi connectivity index (χ2n) is 4.51. The summed E-state index contributed by atoms with van der Waals surface area (Å²) in [5.41, 5.74) is 4.41. The molecule has 0 fully saturated rings. The Balaban J connectivity index is 2.34. The van der Waals surface area contributed by atoms with Gasteiger partial charge in [-0.15, -0.1) is 0 Å². The van der Waals surface area contributed by atoms with E-state index in [-0.39, 0.29) is 0 Å². The van der Waals surface area contributed by atoms with E-state index in [1.54, 1.807) is 0 Å². The Morgan fingerprint density at radius 1 is 0.833 bits per heavy atom. The topological polar surface area (TPSA) is 25.8 Å². The molecule has 88 valence electrons. The normalized spacial score (nSPS) is 10.8. The van der Waals surface area contributed by atoms with Crippen LogP contribution in [0.25, 0.3) is 22.2 Å². The average Bonchev–Trinajstić information content (AvgIpc) is 2.37. The first-order valence-electron chi connectivity index (χ1n) is 6.04. The van der Waals surface area contributed by atoms with Crippen molar-refractivity contribution in [3.63, 3.8) is 0 Å². The van der Waals surface area contributed by atoms with Crippen LogP contribution in [0.4, 0.5) is 0 Å². The Bertz CT molecular complexity index is 717. The number of para-hydroxylation sites is 1. The number of rotatable bonds is 1. The van der Waals surface area contributed by atoms with Crippen molar-refractivity contribution < 1.29 is 0 Å². The minimum atomic E-state index is 0.810. The summed E-state index contributed by atoms with van der Waals surface area (Å²) < 4.78 is 0. The van der Waals surface area contributed by atoms with Crippen LogP contribution in [0.1, 0.15) is 11.4 Å². The molecule has 18 heavy (non-hydrogen) atoms. The van der Waals surface area contributed by atoms with Crippen molar-refractivity contribution >= 4 is 10.9 Å². The molecule has 1 heterocycles. The van der Waals surface area contributed by atoms with Gasteiger partial charge in [0.2, 0.25) is 0 Å². The van der Waals surface area contributed by atoms with Gasteiger partial charge in [-0.1, -0.05) is 42.0 Å². The van der Waals surface area contributed by atoms with Crippen LogP contribution in [0.2, 0.25) is 0 Å². The molecule has 0 aliphatic heterocycles. The van der Waals surface area contributed by atoms with E-state index in [0.717, 1.165) is 28.0 Å². The molecule has 1 aromatic heterocycles. The lowest BCUT2D eigenvalue weighted by Gasteiger charge is -2.07. The molecule has 0 unspecified atom stereocenters. The van der Waals surface area contributed by atoms with Crippen molar-refractivity contribution in [2.45, 2.75) is 13.8 Å². The highest BCUT2D eigenvalue weighted by Gasteiger charge is 2.07. The molecule has 0 atom stereocenters. The summed E-state index contributed by atoms with van der Waals surface area (Å²) in [5.74, 6) is 0.810. The minimum Gasteiger partial charge on any atom is -0.233 e. The summed E-state index contributed by atoms with van der Waals surface area (Å²) in [5, 5.41) is 1.11. The molecule has 0 bridgehead atoms. The Labute approximate surface area is 106 Å². The number of nitrogens with zero attached hydrogens (tertiary/aromatic N) is 2. The maximum atomic E-state index is 4.60. The van der Waals surface area contributed by atoms with E-state index in [1.165, 1.54) is 5.56 Å². The zero-order valence-corrected chi connectivity index (χ0v) is 10.5. The van der Waals surface area contributed by atoms with Gasteiger partial charge in [-0.3, -0.25) is 0 Å². The Kier molecular flexibility index (Phi) is 2.56. The minimum absolute atomic E-state index is 0.810. The summed E-state index contributed by atoms with van der Waals surface area (Å²) in [6.45, 7) is 4.03. The van der Waals surface area contributed by atoms with Crippen molar-refractivity contribution in [3.8, 4) is 11.3 Å². The van der Waals surface area contributed by atoms with Gasteiger partial charge in [-0.2, -0.15) is 0 Å². The molecule has 2 nitrogen and oxygen atoms in total. The maximum absolute atomic E-state index is 4.60. The monoisotopic (exact) mass is 234 g/mol. The summed E-state index contributed by atoms with van der Waals surface area (Å²) in [6, 6.07) is 16.6. The van der Waals surface area contributed by atoms with Crippen LogP contribution in [0, 0.1) is 13.8 Å². The molecule has 0 N–H and O–H groups in total. The van der Waals surface area contributed by atoms with Crippen molar-refractivity contribution in [1.82, 2.24) is 9.97 Å². The first-order chi connectivity index (χ1) is 8.74. The van der Waals surface area contributed by atoms with Crippen molar-refractivity contribution in [1.29, 1.82) is 0 Å². The van der Waals surface area contributed by atoms with Crippen LogP contribution in [0.15, 0.2) is 48.5 Å². The first kappa shape index (κ1) is 10.9. The highest BCUT2D eigenvalue weighted by molar-refractivity contribution is 5.92. The highest BCUT2D eigenvalue weighted by atomic mass is 14.9. The number of hydrogen-bond donors (Lipinski definition) is 0. The van der Waals surface area contributed by atoms with Gasteiger partial charge >= 0.3 is 0 Å². The molecule has 0 saturated carbocycles. The van der Waals surface area contributed by atoms with Crippen LogP contribution in [-0.4, -0.2) is 9.97 Å². The fourth-order valence-corrected chi connectivity index (χ4v) is 2.21. The van der Waals surface area contributed by atoms with Gasteiger partial charge in [0, 0.05) is 10.9 Å². The van der Waals surface area contributed by atoms with Crippen LogP contribution in [-0.2, 0) is 0 Å². The zero-order valence-electron chi connectivity index (χ0n) is 10.5. The fraction of sp³-hybridized carbons (Fsp3) is 0.125. The van der Waals surface area contributed by atoms with Crippen molar-refractivity contribution in [3.05, 3.63) is 59.9 Å². The van der Waals surface area contributed by atoms with Gasteiger partial charge in [-0.05, 0) is 26.0 Å². The summed E-state index contributed by atoms with van der Waals surface area (Å²) in [6.07, 6.45) is 0. The Hall–Kier alpha value is -2.22. The summed E-state index contributed by atoms with van der Waals surface area (Å²) in [4.78, 5) is 9.07. The maximum Gasteiger partial charge on any atom is 0.126 e. The SMILES string of the molecule is Cc1cccc(-c2nc(C)nc3ccccc23)c1. The molecule has 2 heteroatoms. The molecule has 0 aliphatic rings. The second kappa shape index (κ2) is 4.22. The van der Waals surface area contributed by atoms with Crippen molar-refractivity contribution in [2.24, 2.45) is 0 Å². The number of hydrogen-bond acceptors (Lipinski definition) is 2. The largest absolute Gasteiger partial charge is 0.233 e. The highest BCUT2D eigenvalue weighted by Crippen LogP contribution is 2.26. The van der Waals surface area contributed by atoms with Gasteiger partial charge < -0.3 is 0 Å².